The van der Waals surface area contributed by atoms with Gasteiger partial charge in [0.05, 0.1) is 11.4 Å². The van der Waals surface area contributed by atoms with Gasteiger partial charge in [0.2, 0.25) is 0 Å². The highest BCUT2D eigenvalue weighted by Crippen LogP contribution is 2.15. The van der Waals surface area contributed by atoms with E-state index in [2.05, 4.69) is 5.32 Å². The fourth-order valence-electron chi connectivity index (χ4n) is 0.865. The lowest BCUT2D eigenvalue weighted by Crippen LogP contribution is -2.13. The summed E-state index contributed by atoms with van der Waals surface area (Å²) < 4.78 is 0. The van der Waals surface area contributed by atoms with E-state index in [-0.39, 0.29) is 17.0 Å². The van der Waals surface area contributed by atoms with E-state index in [0.29, 0.717) is 6.54 Å². The van der Waals surface area contributed by atoms with Crippen molar-refractivity contribution in [2.75, 3.05) is 24.1 Å². The maximum Gasteiger partial charge on any atom is 0.0574 e. The van der Waals surface area contributed by atoms with Crippen LogP contribution in [0.25, 0.3) is 0 Å². The number of anilines is 2. The third-order valence-electron chi connectivity index (χ3n) is 1.42. The predicted molar refractivity (Wildman–Crippen MR) is 58.7 cm³/mol. The largest absolute Gasteiger partial charge is 0.397 e. The van der Waals surface area contributed by atoms with Gasteiger partial charge in [-0.3, -0.25) is 0 Å². The Kier molecular flexibility index (Phi) is 5.49. The van der Waals surface area contributed by atoms with E-state index >= 15 is 0 Å². The molecular formula is C8H14BrN3. The lowest BCUT2D eigenvalue weighted by molar-refractivity contribution is 1.03. The van der Waals surface area contributed by atoms with Crippen LogP contribution in [0.4, 0.5) is 11.4 Å². The SMILES string of the molecule is Br.NCCNc1ccccc1N. The number of nitrogens with two attached hydrogens (primary N) is 2. The molecule has 0 heterocycles. The minimum atomic E-state index is 0. The van der Waals surface area contributed by atoms with Crippen molar-refractivity contribution in [2.24, 2.45) is 5.73 Å². The van der Waals surface area contributed by atoms with Crippen LogP contribution >= 0.6 is 17.0 Å². The third-order valence-corrected chi connectivity index (χ3v) is 1.42. The van der Waals surface area contributed by atoms with Crippen LogP contribution in [0.2, 0.25) is 0 Å². The fraction of sp³-hybridized carbons (Fsp3) is 0.250. The number of para-hydroxylation sites is 2. The van der Waals surface area contributed by atoms with Gasteiger partial charge in [0.1, 0.15) is 0 Å². The molecule has 0 unspecified atom stereocenters. The van der Waals surface area contributed by atoms with Crippen molar-refractivity contribution in [3.8, 4) is 0 Å². The lowest BCUT2D eigenvalue weighted by atomic mass is 10.3. The number of nitrogen functional groups attached to an aromatic ring is 1. The number of halogens is 1. The van der Waals surface area contributed by atoms with E-state index in [9.17, 15) is 0 Å². The number of nitrogens with one attached hydrogen (secondary N) is 1. The van der Waals surface area contributed by atoms with Gasteiger partial charge in [0, 0.05) is 13.1 Å². The molecule has 0 aliphatic heterocycles. The summed E-state index contributed by atoms with van der Waals surface area (Å²) in [5, 5.41) is 3.11. The van der Waals surface area contributed by atoms with Crippen LogP contribution < -0.4 is 16.8 Å². The average Bonchev–Trinajstić information content (AvgIpc) is 2.03. The minimum Gasteiger partial charge on any atom is -0.397 e. The highest BCUT2D eigenvalue weighted by molar-refractivity contribution is 8.93. The molecule has 0 aromatic heterocycles. The second kappa shape index (κ2) is 5.85. The Morgan fingerprint density at radius 1 is 1.25 bits per heavy atom. The highest BCUT2D eigenvalue weighted by atomic mass is 79.9. The Balaban J connectivity index is 0.00000121. The summed E-state index contributed by atoms with van der Waals surface area (Å²) in [5.74, 6) is 0. The van der Waals surface area contributed by atoms with Crippen LogP contribution in [0.5, 0.6) is 0 Å². The molecule has 0 aliphatic rings. The maximum atomic E-state index is 5.66. The Morgan fingerprint density at radius 3 is 2.50 bits per heavy atom. The first-order chi connectivity index (χ1) is 5.34. The fourth-order valence-corrected chi connectivity index (χ4v) is 0.865. The summed E-state index contributed by atoms with van der Waals surface area (Å²) in [5.41, 5.74) is 12.7. The van der Waals surface area contributed by atoms with Gasteiger partial charge in [0.25, 0.3) is 0 Å². The Bertz CT molecular complexity index is 227. The summed E-state index contributed by atoms with van der Waals surface area (Å²) in [7, 11) is 0. The molecule has 0 atom stereocenters. The summed E-state index contributed by atoms with van der Waals surface area (Å²) in [6, 6.07) is 7.64. The molecule has 5 N–H and O–H groups in total. The molecule has 1 aromatic rings. The third kappa shape index (κ3) is 3.11. The zero-order valence-corrected chi connectivity index (χ0v) is 8.50. The van der Waals surface area contributed by atoms with Crippen LogP contribution in [-0.2, 0) is 0 Å². The van der Waals surface area contributed by atoms with Crippen LogP contribution in [0, 0.1) is 0 Å². The summed E-state index contributed by atoms with van der Waals surface area (Å²) in [4.78, 5) is 0. The van der Waals surface area contributed by atoms with Crippen LogP contribution in [-0.4, -0.2) is 13.1 Å². The maximum absolute atomic E-state index is 5.66. The highest BCUT2D eigenvalue weighted by Gasteiger charge is 1.93. The molecule has 0 bridgehead atoms. The van der Waals surface area contributed by atoms with Gasteiger partial charge in [0.15, 0.2) is 0 Å². The molecule has 0 radical (unpaired) electrons. The second-order valence-corrected chi connectivity index (χ2v) is 2.30. The summed E-state index contributed by atoms with van der Waals surface area (Å²) in [6.07, 6.45) is 0. The van der Waals surface area contributed by atoms with E-state index in [1.54, 1.807) is 0 Å². The van der Waals surface area contributed by atoms with Gasteiger partial charge in [-0.1, -0.05) is 12.1 Å². The number of hydrogen-bond acceptors (Lipinski definition) is 3. The first-order valence-electron chi connectivity index (χ1n) is 3.63. The van der Waals surface area contributed by atoms with Crippen molar-refractivity contribution in [1.29, 1.82) is 0 Å². The van der Waals surface area contributed by atoms with E-state index < -0.39 is 0 Å². The van der Waals surface area contributed by atoms with Gasteiger partial charge < -0.3 is 16.8 Å². The Labute approximate surface area is 82.9 Å². The first kappa shape index (κ1) is 11.3. The zero-order chi connectivity index (χ0) is 8.10. The summed E-state index contributed by atoms with van der Waals surface area (Å²) >= 11 is 0. The number of hydrogen-bond donors (Lipinski definition) is 3. The van der Waals surface area contributed by atoms with Crippen LogP contribution in [0.1, 0.15) is 0 Å². The van der Waals surface area contributed by atoms with Gasteiger partial charge in [-0.05, 0) is 12.1 Å². The van der Waals surface area contributed by atoms with Gasteiger partial charge in [-0.25, -0.2) is 0 Å². The molecule has 12 heavy (non-hydrogen) atoms. The molecule has 1 rings (SSSR count). The normalized spacial score (nSPS) is 8.75. The Hall–Kier alpha value is -0.740. The van der Waals surface area contributed by atoms with Crippen molar-refractivity contribution in [3.05, 3.63) is 24.3 Å². The van der Waals surface area contributed by atoms with Crippen molar-refractivity contribution < 1.29 is 0 Å². The molecule has 0 saturated heterocycles. The van der Waals surface area contributed by atoms with Gasteiger partial charge in [-0.15, -0.1) is 17.0 Å². The van der Waals surface area contributed by atoms with Crippen molar-refractivity contribution in [3.63, 3.8) is 0 Å². The second-order valence-electron chi connectivity index (χ2n) is 2.30. The molecular weight excluding hydrogens is 218 g/mol. The molecule has 0 aliphatic carbocycles. The topological polar surface area (TPSA) is 64.1 Å². The molecule has 0 amide bonds. The predicted octanol–water partition coefficient (Wildman–Crippen LogP) is 1.22. The molecule has 0 saturated carbocycles. The van der Waals surface area contributed by atoms with E-state index in [1.165, 1.54) is 0 Å². The number of benzene rings is 1. The Morgan fingerprint density at radius 2 is 1.92 bits per heavy atom. The van der Waals surface area contributed by atoms with Gasteiger partial charge >= 0.3 is 0 Å². The lowest BCUT2D eigenvalue weighted by Gasteiger charge is -2.06. The average molecular weight is 232 g/mol. The zero-order valence-electron chi connectivity index (χ0n) is 6.79. The van der Waals surface area contributed by atoms with Crippen LogP contribution in [0.15, 0.2) is 24.3 Å². The summed E-state index contributed by atoms with van der Waals surface area (Å²) in [6.45, 7) is 1.38. The molecule has 68 valence electrons. The molecule has 1 aromatic carbocycles. The molecule has 0 fully saturated rings. The van der Waals surface area contributed by atoms with Crippen molar-refractivity contribution >= 4 is 28.4 Å². The van der Waals surface area contributed by atoms with Gasteiger partial charge in [-0.2, -0.15) is 0 Å². The smallest absolute Gasteiger partial charge is 0.0574 e. The van der Waals surface area contributed by atoms with E-state index in [1.807, 2.05) is 24.3 Å². The monoisotopic (exact) mass is 231 g/mol. The first-order valence-corrected chi connectivity index (χ1v) is 3.63. The molecule has 4 heteroatoms. The van der Waals surface area contributed by atoms with Crippen LogP contribution in [0.3, 0.4) is 0 Å². The van der Waals surface area contributed by atoms with E-state index in [4.69, 9.17) is 11.5 Å². The standard InChI is InChI=1S/C8H13N3.BrH/c9-5-6-11-8-4-2-1-3-7(8)10;/h1-4,11H,5-6,9-10H2;1H. The van der Waals surface area contributed by atoms with E-state index in [0.717, 1.165) is 17.9 Å². The van der Waals surface area contributed by atoms with Crippen molar-refractivity contribution in [2.45, 2.75) is 0 Å². The molecule has 3 nitrogen and oxygen atoms in total. The number of rotatable bonds is 3. The van der Waals surface area contributed by atoms with Crippen molar-refractivity contribution in [1.82, 2.24) is 0 Å². The minimum absolute atomic E-state index is 0. The quantitative estimate of drug-likeness (QED) is 0.686. The molecule has 0 spiro atoms.